The molecule has 3 heterocycles. The number of hydrogen-bond acceptors (Lipinski definition) is 5. The summed E-state index contributed by atoms with van der Waals surface area (Å²) in [6.07, 6.45) is 2.85. The van der Waals surface area contributed by atoms with Crippen LogP contribution in [0.2, 0.25) is 0 Å². The summed E-state index contributed by atoms with van der Waals surface area (Å²) < 4.78 is 5.28. The fourth-order valence-corrected chi connectivity index (χ4v) is 4.91. The highest BCUT2D eigenvalue weighted by molar-refractivity contribution is 5.83. The van der Waals surface area contributed by atoms with E-state index in [9.17, 15) is 4.79 Å². The van der Waals surface area contributed by atoms with Crippen LogP contribution in [0.4, 0.5) is 5.82 Å². The lowest BCUT2D eigenvalue weighted by Crippen LogP contribution is -2.38. The van der Waals surface area contributed by atoms with Gasteiger partial charge in [-0.1, -0.05) is 42.5 Å². The van der Waals surface area contributed by atoms with Crippen molar-refractivity contribution in [2.45, 2.75) is 38.9 Å². The van der Waals surface area contributed by atoms with Gasteiger partial charge in [0.15, 0.2) is 0 Å². The second kappa shape index (κ2) is 8.87. The Labute approximate surface area is 195 Å². The summed E-state index contributed by atoms with van der Waals surface area (Å²) in [7, 11) is 3.79. The summed E-state index contributed by atoms with van der Waals surface area (Å²) >= 11 is 0. The molecule has 170 valence electrons. The van der Waals surface area contributed by atoms with Crippen LogP contribution < -0.4 is 9.75 Å². The molecule has 3 aromatic rings. The topological polar surface area (TPSA) is 48.9 Å². The van der Waals surface area contributed by atoms with Crippen molar-refractivity contribution in [2.75, 3.05) is 25.7 Å². The summed E-state index contributed by atoms with van der Waals surface area (Å²) in [6.45, 7) is 4.99. The zero-order chi connectivity index (χ0) is 22.9. The van der Waals surface area contributed by atoms with E-state index < -0.39 is 0 Å². The molecule has 1 atom stereocenters. The Hall–Kier alpha value is -3.38. The Balaban J connectivity index is 1.34. The van der Waals surface area contributed by atoms with Crippen LogP contribution in [0.15, 0.2) is 60.8 Å². The van der Waals surface area contributed by atoms with Crippen molar-refractivity contribution in [3.8, 4) is 5.75 Å². The number of pyridine rings is 1. The second-order valence-electron chi connectivity index (χ2n) is 8.93. The molecular formula is C27H30N4O2. The van der Waals surface area contributed by atoms with Gasteiger partial charge in [-0.15, -0.1) is 0 Å². The molecule has 33 heavy (non-hydrogen) atoms. The average molecular weight is 443 g/mol. The highest BCUT2D eigenvalue weighted by Gasteiger charge is 2.33. The van der Waals surface area contributed by atoms with Gasteiger partial charge in [0.2, 0.25) is 5.91 Å². The molecule has 6 heteroatoms. The standard InChI is InChI=1S/C27H30N4O2/c1-19(21-7-5-4-6-8-21)27(32)30-14-13-24-22(17-30)15-28-26-25(24)18-29(2)31(26)16-20-9-11-23(33-3)12-10-20/h4-12,15,19H,13-14,16-18H2,1-3H3. The van der Waals surface area contributed by atoms with E-state index in [1.54, 1.807) is 7.11 Å². The van der Waals surface area contributed by atoms with Crippen LogP contribution in [0.1, 0.15) is 40.7 Å². The van der Waals surface area contributed by atoms with Gasteiger partial charge in [-0.05, 0) is 47.7 Å². The third kappa shape index (κ3) is 4.07. The predicted octanol–water partition coefficient (Wildman–Crippen LogP) is 4.15. The summed E-state index contributed by atoms with van der Waals surface area (Å²) in [5.74, 6) is 1.94. The predicted molar refractivity (Wildman–Crippen MR) is 129 cm³/mol. The largest absolute Gasteiger partial charge is 0.497 e. The fourth-order valence-electron chi connectivity index (χ4n) is 4.91. The summed E-state index contributed by atoms with van der Waals surface area (Å²) in [5, 5.41) is 4.48. The number of ether oxygens (including phenoxy) is 1. The third-order valence-electron chi connectivity index (χ3n) is 6.87. The van der Waals surface area contributed by atoms with E-state index in [1.165, 1.54) is 22.3 Å². The molecule has 0 radical (unpaired) electrons. The van der Waals surface area contributed by atoms with Gasteiger partial charge in [-0.3, -0.25) is 9.80 Å². The van der Waals surface area contributed by atoms with Gasteiger partial charge in [-0.2, -0.15) is 0 Å². The van der Waals surface area contributed by atoms with Crippen molar-refractivity contribution in [2.24, 2.45) is 0 Å². The number of aromatic nitrogens is 1. The van der Waals surface area contributed by atoms with Gasteiger partial charge >= 0.3 is 0 Å². The minimum Gasteiger partial charge on any atom is -0.497 e. The quantitative estimate of drug-likeness (QED) is 0.594. The first kappa shape index (κ1) is 21.5. The molecule has 2 aliphatic rings. The van der Waals surface area contributed by atoms with E-state index in [-0.39, 0.29) is 11.8 Å². The van der Waals surface area contributed by atoms with Crippen molar-refractivity contribution in [3.05, 3.63) is 88.6 Å². The highest BCUT2D eigenvalue weighted by Crippen LogP contribution is 2.36. The van der Waals surface area contributed by atoms with Crippen LogP contribution in [0.5, 0.6) is 5.75 Å². The van der Waals surface area contributed by atoms with E-state index in [0.29, 0.717) is 6.54 Å². The van der Waals surface area contributed by atoms with Crippen LogP contribution >= 0.6 is 0 Å². The minimum atomic E-state index is -0.138. The SMILES string of the molecule is COc1ccc(CN2c3ncc4c(c3CN2C)CCN(C(=O)C(C)c2ccccc2)C4)cc1. The highest BCUT2D eigenvalue weighted by atomic mass is 16.5. The number of carbonyl (C=O) groups is 1. The number of fused-ring (bicyclic) bond motifs is 3. The number of benzene rings is 2. The molecule has 0 saturated carbocycles. The summed E-state index contributed by atoms with van der Waals surface area (Å²) in [5.41, 5.74) is 6.11. The van der Waals surface area contributed by atoms with Crippen LogP contribution in [0.3, 0.4) is 0 Å². The number of hydrazine groups is 1. The zero-order valence-electron chi connectivity index (χ0n) is 19.5. The molecule has 1 amide bonds. The first-order chi connectivity index (χ1) is 16.0. The van der Waals surface area contributed by atoms with E-state index in [2.05, 4.69) is 29.2 Å². The summed E-state index contributed by atoms with van der Waals surface area (Å²) in [4.78, 5) is 20.0. The van der Waals surface area contributed by atoms with Crippen LogP contribution in [0.25, 0.3) is 0 Å². The number of carbonyl (C=O) groups excluding carboxylic acids is 1. The molecule has 0 fully saturated rings. The number of rotatable bonds is 5. The van der Waals surface area contributed by atoms with Gasteiger partial charge in [0.1, 0.15) is 11.6 Å². The lowest BCUT2D eigenvalue weighted by Gasteiger charge is -2.32. The Bertz CT molecular complexity index is 1150. The first-order valence-corrected chi connectivity index (χ1v) is 11.5. The van der Waals surface area contributed by atoms with Gasteiger partial charge in [-0.25, -0.2) is 9.99 Å². The molecule has 0 aliphatic carbocycles. The van der Waals surface area contributed by atoms with Gasteiger partial charge in [0.05, 0.1) is 19.6 Å². The van der Waals surface area contributed by atoms with Gasteiger partial charge < -0.3 is 9.64 Å². The maximum Gasteiger partial charge on any atom is 0.230 e. The van der Waals surface area contributed by atoms with E-state index >= 15 is 0 Å². The van der Waals surface area contributed by atoms with E-state index in [0.717, 1.165) is 43.2 Å². The number of methoxy groups -OCH3 is 1. The van der Waals surface area contributed by atoms with E-state index in [1.807, 2.05) is 60.5 Å². The van der Waals surface area contributed by atoms with Gasteiger partial charge in [0.25, 0.3) is 0 Å². The molecule has 0 saturated heterocycles. The van der Waals surface area contributed by atoms with Crippen LogP contribution in [-0.2, 0) is 30.8 Å². The minimum absolute atomic E-state index is 0.138. The Morgan fingerprint density at radius 1 is 1.06 bits per heavy atom. The molecular weight excluding hydrogens is 412 g/mol. The lowest BCUT2D eigenvalue weighted by atomic mass is 9.94. The van der Waals surface area contributed by atoms with Crippen LogP contribution in [0, 0.1) is 0 Å². The Morgan fingerprint density at radius 3 is 2.55 bits per heavy atom. The maximum absolute atomic E-state index is 13.2. The molecule has 2 aromatic carbocycles. The fraction of sp³-hybridized carbons (Fsp3) is 0.333. The maximum atomic E-state index is 13.2. The van der Waals surface area contributed by atoms with Crippen molar-refractivity contribution >= 4 is 11.7 Å². The molecule has 0 N–H and O–H groups in total. The molecule has 0 bridgehead atoms. The summed E-state index contributed by atoms with van der Waals surface area (Å²) in [6, 6.07) is 18.2. The van der Waals surface area contributed by atoms with Crippen LogP contribution in [-0.4, -0.2) is 41.5 Å². The molecule has 5 rings (SSSR count). The van der Waals surface area contributed by atoms with Crippen molar-refractivity contribution < 1.29 is 9.53 Å². The van der Waals surface area contributed by atoms with Crippen molar-refractivity contribution in [1.82, 2.24) is 14.9 Å². The lowest BCUT2D eigenvalue weighted by molar-refractivity contribution is -0.133. The van der Waals surface area contributed by atoms with Gasteiger partial charge in [0, 0.05) is 38.4 Å². The Morgan fingerprint density at radius 2 is 1.82 bits per heavy atom. The zero-order valence-corrected chi connectivity index (χ0v) is 19.5. The van der Waals surface area contributed by atoms with Crippen molar-refractivity contribution in [1.29, 1.82) is 0 Å². The molecule has 2 aliphatic heterocycles. The Kier molecular flexibility index (Phi) is 5.77. The number of hydrogen-bond donors (Lipinski definition) is 0. The van der Waals surface area contributed by atoms with E-state index in [4.69, 9.17) is 9.72 Å². The van der Waals surface area contributed by atoms with Crippen molar-refractivity contribution in [3.63, 3.8) is 0 Å². The normalized spacial score (nSPS) is 16.3. The first-order valence-electron chi connectivity index (χ1n) is 11.5. The smallest absolute Gasteiger partial charge is 0.230 e. The monoisotopic (exact) mass is 442 g/mol. The second-order valence-corrected chi connectivity index (χ2v) is 8.93. The molecule has 1 unspecified atom stereocenters. The molecule has 0 spiro atoms. The number of amides is 1. The molecule has 1 aromatic heterocycles. The third-order valence-corrected chi connectivity index (χ3v) is 6.87. The average Bonchev–Trinajstić information content (AvgIpc) is 3.19. The molecule has 6 nitrogen and oxygen atoms in total. The number of anilines is 1. The number of nitrogens with zero attached hydrogens (tertiary/aromatic N) is 4.